The van der Waals surface area contributed by atoms with E-state index in [1.165, 1.54) is 18.6 Å². The maximum Gasteiger partial charge on any atom is 0.248 e. The van der Waals surface area contributed by atoms with Crippen molar-refractivity contribution in [2.45, 2.75) is 12.8 Å². The quantitative estimate of drug-likeness (QED) is 0.602. The van der Waals surface area contributed by atoms with E-state index in [2.05, 4.69) is 37.1 Å². The maximum absolute atomic E-state index is 12.5. The lowest BCUT2D eigenvalue weighted by Crippen LogP contribution is -2.18. The monoisotopic (exact) mass is 405 g/mol. The van der Waals surface area contributed by atoms with E-state index in [9.17, 15) is 9.59 Å². The summed E-state index contributed by atoms with van der Waals surface area (Å²) in [6.07, 6.45) is 8.69. The Morgan fingerprint density at radius 3 is 2.66 bits per heavy atom. The third-order valence-electron chi connectivity index (χ3n) is 3.88. The summed E-state index contributed by atoms with van der Waals surface area (Å²) in [4.78, 5) is 40.8. The largest absolute Gasteiger partial charge is 0.306 e. The number of carbonyl (C=O) groups is 2. The Labute approximate surface area is 170 Å². The average molecular weight is 405 g/mol. The van der Waals surface area contributed by atoms with Crippen LogP contribution in [0.3, 0.4) is 0 Å². The Kier molecular flexibility index (Phi) is 6.01. The molecule has 0 bridgehead atoms. The van der Waals surface area contributed by atoms with Crippen molar-refractivity contribution in [2.24, 2.45) is 0 Å². The predicted molar refractivity (Wildman–Crippen MR) is 108 cm³/mol. The zero-order valence-corrected chi connectivity index (χ0v) is 16.1. The number of thiazole rings is 1. The lowest BCUT2D eigenvalue weighted by Gasteiger charge is -2.12. The molecule has 1 unspecified atom stereocenters. The van der Waals surface area contributed by atoms with E-state index in [1.807, 2.05) is 6.07 Å². The summed E-state index contributed by atoms with van der Waals surface area (Å²) in [5, 5.41) is 14.4. The highest BCUT2D eigenvalue weighted by Gasteiger charge is 2.18. The van der Waals surface area contributed by atoms with Crippen LogP contribution in [0.1, 0.15) is 23.3 Å². The van der Waals surface area contributed by atoms with E-state index in [0.29, 0.717) is 32.6 Å². The van der Waals surface area contributed by atoms with Gasteiger partial charge in [-0.3, -0.25) is 19.6 Å². The first-order valence-electron chi connectivity index (χ1n) is 8.37. The summed E-state index contributed by atoms with van der Waals surface area (Å²) < 4.78 is 0. The molecular formula is C19H15N7O2S. The predicted octanol–water partition coefficient (Wildman–Crippen LogP) is 2.73. The molecule has 1 atom stereocenters. The lowest BCUT2D eigenvalue weighted by molar-refractivity contribution is -0.117. The van der Waals surface area contributed by atoms with Crippen molar-refractivity contribution in [3.05, 3.63) is 60.1 Å². The second-order valence-electron chi connectivity index (χ2n) is 5.84. The van der Waals surface area contributed by atoms with Gasteiger partial charge in [0.2, 0.25) is 11.8 Å². The summed E-state index contributed by atoms with van der Waals surface area (Å²) in [7, 11) is 0. The minimum Gasteiger partial charge on any atom is -0.306 e. The number of amides is 2. The van der Waals surface area contributed by atoms with Crippen molar-refractivity contribution >= 4 is 34.1 Å². The normalized spacial score (nSPS) is 11.2. The number of nitriles is 1. The second-order valence-corrected chi connectivity index (χ2v) is 6.87. The van der Waals surface area contributed by atoms with Crippen LogP contribution in [0.2, 0.25) is 0 Å². The Morgan fingerprint density at radius 1 is 1.17 bits per heavy atom. The van der Waals surface area contributed by atoms with Crippen LogP contribution >= 0.6 is 11.3 Å². The average Bonchev–Trinajstić information content (AvgIpc) is 3.21. The number of rotatable bonds is 6. The van der Waals surface area contributed by atoms with E-state index < -0.39 is 5.92 Å². The number of hydrogen-bond donors (Lipinski definition) is 2. The third-order valence-corrected chi connectivity index (χ3v) is 4.70. The fraction of sp³-hybridized carbons (Fsp3) is 0.105. The molecule has 0 aliphatic carbocycles. The number of nitrogens with zero attached hydrogens (tertiary/aromatic N) is 5. The van der Waals surface area contributed by atoms with Crippen LogP contribution in [-0.2, 0) is 9.59 Å². The Bertz CT molecular complexity index is 1100. The molecule has 144 valence electrons. The van der Waals surface area contributed by atoms with E-state index in [0.717, 1.165) is 17.4 Å². The van der Waals surface area contributed by atoms with Crippen molar-refractivity contribution < 1.29 is 9.59 Å². The van der Waals surface area contributed by atoms with Gasteiger partial charge >= 0.3 is 0 Å². The van der Waals surface area contributed by atoms with Gasteiger partial charge in [0.25, 0.3) is 0 Å². The lowest BCUT2D eigenvalue weighted by atomic mass is 10.0. The van der Waals surface area contributed by atoms with Crippen molar-refractivity contribution in [1.82, 2.24) is 19.9 Å². The van der Waals surface area contributed by atoms with Crippen molar-refractivity contribution in [3.63, 3.8) is 0 Å². The van der Waals surface area contributed by atoms with E-state index in [-0.39, 0.29) is 11.8 Å². The zero-order valence-electron chi connectivity index (χ0n) is 15.3. The molecule has 0 spiro atoms. The first-order valence-corrected chi connectivity index (χ1v) is 9.19. The Balaban J connectivity index is 1.74. The maximum atomic E-state index is 12.5. The van der Waals surface area contributed by atoms with Crippen LogP contribution < -0.4 is 10.6 Å². The summed E-state index contributed by atoms with van der Waals surface area (Å²) >= 11 is 1.11. The van der Waals surface area contributed by atoms with E-state index in [4.69, 9.17) is 5.26 Å². The number of anilines is 2. The highest BCUT2D eigenvalue weighted by atomic mass is 32.1. The summed E-state index contributed by atoms with van der Waals surface area (Å²) in [6.45, 7) is 5.12. The smallest absolute Gasteiger partial charge is 0.248 e. The van der Waals surface area contributed by atoms with Crippen molar-refractivity contribution in [1.29, 1.82) is 5.26 Å². The molecule has 0 saturated heterocycles. The molecule has 3 aromatic heterocycles. The molecule has 2 amide bonds. The highest BCUT2D eigenvalue weighted by molar-refractivity contribution is 7.16. The van der Waals surface area contributed by atoms with Crippen LogP contribution in [0.25, 0.3) is 11.3 Å². The van der Waals surface area contributed by atoms with Gasteiger partial charge in [0.15, 0.2) is 10.9 Å². The number of carbonyl (C=O) groups excluding carboxylic acids is 2. The minimum atomic E-state index is -0.504. The van der Waals surface area contributed by atoms with Crippen LogP contribution in [-0.4, -0.2) is 31.8 Å². The van der Waals surface area contributed by atoms with Gasteiger partial charge in [-0.1, -0.05) is 17.9 Å². The Morgan fingerprint density at radius 2 is 2.00 bits per heavy atom. The molecule has 3 heterocycles. The Hall–Kier alpha value is -3.97. The molecule has 0 saturated carbocycles. The summed E-state index contributed by atoms with van der Waals surface area (Å²) in [6, 6.07) is 3.78. The molecule has 9 nitrogen and oxygen atoms in total. The van der Waals surface area contributed by atoms with Gasteiger partial charge in [0.05, 0.1) is 30.2 Å². The first-order chi connectivity index (χ1) is 14.0. The molecule has 3 rings (SSSR count). The zero-order chi connectivity index (χ0) is 20.8. The molecular weight excluding hydrogens is 390 g/mol. The van der Waals surface area contributed by atoms with Gasteiger partial charge in [0.1, 0.15) is 10.9 Å². The van der Waals surface area contributed by atoms with Crippen LogP contribution in [0, 0.1) is 11.3 Å². The molecule has 0 aromatic carbocycles. The molecule has 29 heavy (non-hydrogen) atoms. The minimum absolute atomic E-state index is 0.267. The van der Waals surface area contributed by atoms with Crippen molar-refractivity contribution in [2.75, 3.05) is 10.6 Å². The number of nitrogens with one attached hydrogen (secondary N) is 2. The van der Waals surface area contributed by atoms with Gasteiger partial charge in [0, 0.05) is 18.0 Å². The standard InChI is InChI=1S/C19H15N7O2S/c1-3-17(27)25-16-10-22-15(9-23-16)13-4-12(6-21-7-13)11(2)18(28)26-19-24-8-14(5-20)29-19/h3-4,6-11H,1H2,2H3,(H,23,25,27)(H,24,26,28). The molecule has 0 aliphatic rings. The van der Waals surface area contributed by atoms with Gasteiger partial charge in [-0.2, -0.15) is 5.26 Å². The van der Waals surface area contributed by atoms with Crippen molar-refractivity contribution in [3.8, 4) is 17.3 Å². The molecule has 0 aliphatic heterocycles. The highest BCUT2D eigenvalue weighted by Crippen LogP contribution is 2.24. The number of hydrogen-bond acceptors (Lipinski definition) is 8. The van der Waals surface area contributed by atoms with E-state index in [1.54, 1.807) is 25.4 Å². The van der Waals surface area contributed by atoms with Gasteiger partial charge in [-0.25, -0.2) is 9.97 Å². The molecule has 0 radical (unpaired) electrons. The van der Waals surface area contributed by atoms with Crippen LogP contribution in [0.15, 0.2) is 49.7 Å². The summed E-state index contributed by atoms with van der Waals surface area (Å²) in [5.41, 5.74) is 1.90. The summed E-state index contributed by atoms with van der Waals surface area (Å²) in [5.74, 6) is -0.847. The molecule has 3 aromatic rings. The van der Waals surface area contributed by atoms with E-state index >= 15 is 0 Å². The molecule has 2 N–H and O–H groups in total. The topological polar surface area (TPSA) is 134 Å². The number of aromatic nitrogens is 4. The SMILES string of the molecule is C=CC(=O)Nc1cnc(-c2cncc(C(C)C(=O)Nc3ncc(C#N)s3)c2)cn1. The first kappa shape index (κ1) is 19.8. The fourth-order valence-electron chi connectivity index (χ4n) is 2.30. The van der Waals surface area contributed by atoms with Crippen LogP contribution in [0.4, 0.5) is 10.9 Å². The third kappa shape index (κ3) is 4.85. The fourth-order valence-corrected chi connectivity index (χ4v) is 2.92. The molecule has 0 fully saturated rings. The molecule has 10 heteroatoms. The van der Waals surface area contributed by atoms with Gasteiger partial charge in [-0.15, -0.1) is 0 Å². The van der Waals surface area contributed by atoms with Gasteiger partial charge < -0.3 is 10.6 Å². The van der Waals surface area contributed by atoms with Gasteiger partial charge in [-0.05, 0) is 24.6 Å². The number of pyridine rings is 1. The second kappa shape index (κ2) is 8.81. The van der Waals surface area contributed by atoms with Crippen LogP contribution in [0.5, 0.6) is 0 Å².